The third-order valence-corrected chi connectivity index (χ3v) is 1.61. The molecule has 0 fully saturated rings. The molecule has 1 nitrogen and oxygen atoms in total. The van der Waals surface area contributed by atoms with Gasteiger partial charge in [-0.25, -0.2) is 0 Å². The summed E-state index contributed by atoms with van der Waals surface area (Å²) in [6.07, 6.45) is 5.39. The van der Waals surface area contributed by atoms with Crippen molar-refractivity contribution < 1.29 is 0 Å². The topological polar surface area (TPSA) is 12.4 Å². The van der Waals surface area contributed by atoms with E-state index in [9.17, 15) is 0 Å². The number of rotatable bonds is 3. The Labute approximate surface area is 79.1 Å². The van der Waals surface area contributed by atoms with E-state index < -0.39 is 0 Å². The molecule has 13 heavy (non-hydrogen) atoms. The zero-order valence-electron chi connectivity index (χ0n) is 7.77. The van der Waals surface area contributed by atoms with E-state index in [1.54, 1.807) is 12.4 Å². The summed E-state index contributed by atoms with van der Waals surface area (Å²) in [6, 6.07) is 10.0. The molecule has 0 aliphatic rings. The van der Waals surface area contributed by atoms with Crippen LogP contribution < -0.4 is 0 Å². The fraction of sp³-hybridized carbons (Fsp3) is 0.0833. The standard InChI is InChI=1S/C12H13N/c1-3-9-13-10-11(2)12-7-5-4-6-8-12/h3-10H,2H2,1H3/b9-3-,13-10?. The van der Waals surface area contributed by atoms with Gasteiger partial charge in [-0.1, -0.05) is 43.0 Å². The Bertz CT molecular complexity index is 320. The Morgan fingerprint density at radius 2 is 2.00 bits per heavy atom. The summed E-state index contributed by atoms with van der Waals surface area (Å²) in [5.74, 6) is 0. The van der Waals surface area contributed by atoms with Crippen molar-refractivity contribution in [2.75, 3.05) is 0 Å². The van der Waals surface area contributed by atoms with Crippen molar-refractivity contribution in [3.63, 3.8) is 0 Å². The van der Waals surface area contributed by atoms with Gasteiger partial charge in [-0.05, 0) is 18.1 Å². The number of benzene rings is 1. The van der Waals surface area contributed by atoms with Crippen molar-refractivity contribution in [3.05, 3.63) is 54.8 Å². The quantitative estimate of drug-likeness (QED) is 0.619. The molecule has 0 atom stereocenters. The predicted molar refractivity (Wildman–Crippen MR) is 58.8 cm³/mol. The number of hydrogen-bond donors (Lipinski definition) is 0. The molecule has 0 saturated heterocycles. The average Bonchev–Trinajstić information content (AvgIpc) is 2.19. The second kappa shape index (κ2) is 5.09. The molecule has 1 rings (SSSR count). The van der Waals surface area contributed by atoms with Crippen LogP contribution in [0.15, 0.2) is 54.2 Å². The number of allylic oxidation sites excluding steroid dienone is 2. The second-order valence-corrected chi connectivity index (χ2v) is 2.65. The zero-order valence-corrected chi connectivity index (χ0v) is 7.77. The fourth-order valence-electron chi connectivity index (χ4n) is 0.946. The molecule has 0 spiro atoms. The lowest BCUT2D eigenvalue weighted by Gasteiger charge is -1.96. The van der Waals surface area contributed by atoms with E-state index in [-0.39, 0.29) is 0 Å². The van der Waals surface area contributed by atoms with Crippen LogP contribution in [0.4, 0.5) is 0 Å². The third kappa shape index (κ3) is 3.08. The molecule has 1 aromatic carbocycles. The first-order chi connectivity index (χ1) is 6.34. The molecule has 0 saturated carbocycles. The van der Waals surface area contributed by atoms with Crippen molar-refractivity contribution in [1.29, 1.82) is 0 Å². The Morgan fingerprint density at radius 1 is 1.31 bits per heavy atom. The van der Waals surface area contributed by atoms with Crippen LogP contribution in [0.2, 0.25) is 0 Å². The van der Waals surface area contributed by atoms with Gasteiger partial charge in [0.1, 0.15) is 0 Å². The van der Waals surface area contributed by atoms with Crippen LogP contribution >= 0.6 is 0 Å². The molecule has 0 unspecified atom stereocenters. The minimum atomic E-state index is 0.929. The van der Waals surface area contributed by atoms with Crippen LogP contribution in [0.25, 0.3) is 5.57 Å². The summed E-state index contributed by atoms with van der Waals surface area (Å²) in [4.78, 5) is 4.06. The maximum atomic E-state index is 4.06. The van der Waals surface area contributed by atoms with Crippen molar-refractivity contribution >= 4 is 11.8 Å². The number of aliphatic imine (C=N–C) groups is 1. The van der Waals surface area contributed by atoms with Gasteiger partial charge < -0.3 is 0 Å². The fourth-order valence-corrected chi connectivity index (χ4v) is 0.946. The van der Waals surface area contributed by atoms with Crippen LogP contribution in [0, 0.1) is 0 Å². The first-order valence-corrected chi connectivity index (χ1v) is 4.23. The average molecular weight is 171 g/mol. The molecular formula is C12H13N. The first-order valence-electron chi connectivity index (χ1n) is 4.23. The smallest absolute Gasteiger partial charge is 0.0340 e. The first kappa shape index (κ1) is 9.46. The lowest BCUT2D eigenvalue weighted by Crippen LogP contribution is -1.81. The molecule has 0 aliphatic carbocycles. The molecule has 0 amide bonds. The molecule has 0 heterocycles. The van der Waals surface area contributed by atoms with Gasteiger partial charge in [0, 0.05) is 12.4 Å². The Kier molecular flexibility index (Phi) is 3.71. The summed E-state index contributed by atoms with van der Waals surface area (Å²) in [7, 11) is 0. The minimum Gasteiger partial charge on any atom is -0.264 e. The highest BCUT2D eigenvalue weighted by Crippen LogP contribution is 2.08. The lowest BCUT2D eigenvalue weighted by molar-refractivity contribution is 1.54. The highest BCUT2D eigenvalue weighted by Gasteiger charge is 1.91. The monoisotopic (exact) mass is 171 g/mol. The van der Waals surface area contributed by atoms with Crippen molar-refractivity contribution in [1.82, 2.24) is 0 Å². The van der Waals surface area contributed by atoms with Crippen LogP contribution in [-0.4, -0.2) is 6.21 Å². The van der Waals surface area contributed by atoms with E-state index in [0.717, 1.165) is 11.1 Å². The normalized spacial score (nSPS) is 11.2. The predicted octanol–water partition coefficient (Wildman–Crippen LogP) is 3.30. The summed E-state index contributed by atoms with van der Waals surface area (Å²) in [5, 5.41) is 0. The summed E-state index contributed by atoms with van der Waals surface area (Å²) in [5.41, 5.74) is 2.04. The van der Waals surface area contributed by atoms with Crippen molar-refractivity contribution in [2.45, 2.75) is 6.92 Å². The van der Waals surface area contributed by atoms with Crippen LogP contribution in [0.3, 0.4) is 0 Å². The number of nitrogens with zero attached hydrogens (tertiary/aromatic N) is 1. The van der Waals surface area contributed by atoms with Gasteiger partial charge in [0.15, 0.2) is 0 Å². The Hall–Kier alpha value is -1.63. The molecule has 0 radical (unpaired) electrons. The van der Waals surface area contributed by atoms with Crippen LogP contribution in [0.5, 0.6) is 0 Å². The second-order valence-electron chi connectivity index (χ2n) is 2.65. The molecule has 66 valence electrons. The van der Waals surface area contributed by atoms with Crippen LogP contribution in [-0.2, 0) is 0 Å². The third-order valence-electron chi connectivity index (χ3n) is 1.61. The zero-order chi connectivity index (χ0) is 9.52. The van der Waals surface area contributed by atoms with Gasteiger partial charge >= 0.3 is 0 Å². The molecule has 1 heteroatoms. The lowest BCUT2D eigenvalue weighted by atomic mass is 10.1. The van der Waals surface area contributed by atoms with Gasteiger partial charge in [-0.15, -0.1) is 0 Å². The van der Waals surface area contributed by atoms with Gasteiger partial charge in [-0.3, -0.25) is 4.99 Å². The van der Waals surface area contributed by atoms with Gasteiger partial charge in [0.25, 0.3) is 0 Å². The van der Waals surface area contributed by atoms with Crippen LogP contribution in [0.1, 0.15) is 12.5 Å². The van der Waals surface area contributed by atoms with E-state index in [1.807, 2.05) is 43.3 Å². The molecule has 0 N–H and O–H groups in total. The summed E-state index contributed by atoms with van der Waals surface area (Å²) >= 11 is 0. The van der Waals surface area contributed by atoms with E-state index in [1.165, 1.54) is 0 Å². The number of hydrogen-bond acceptors (Lipinski definition) is 1. The molecule has 1 aromatic rings. The summed E-state index contributed by atoms with van der Waals surface area (Å²) in [6.45, 7) is 5.85. The largest absolute Gasteiger partial charge is 0.264 e. The minimum absolute atomic E-state index is 0.929. The summed E-state index contributed by atoms with van der Waals surface area (Å²) < 4.78 is 0. The van der Waals surface area contributed by atoms with E-state index in [2.05, 4.69) is 11.6 Å². The Balaban J connectivity index is 2.70. The Morgan fingerprint density at radius 3 is 2.62 bits per heavy atom. The van der Waals surface area contributed by atoms with E-state index in [0.29, 0.717) is 0 Å². The molecule has 0 bridgehead atoms. The van der Waals surface area contributed by atoms with E-state index >= 15 is 0 Å². The van der Waals surface area contributed by atoms with Gasteiger partial charge in [0.05, 0.1) is 0 Å². The van der Waals surface area contributed by atoms with Crippen molar-refractivity contribution in [3.8, 4) is 0 Å². The highest BCUT2D eigenvalue weighted by molar-refractivity contribution is 6.08. The van der Waals surface area contributed by atoms with Gasteiger partial charge in [-0.2, -0.15) is 0 Å². The SMILES string of the molecule is C=C(C=N/C=C\C)c1ccccc1. The molecular weight excluding hydrogens is 158 g/mol. The maximum absolute atomic E-state index is 4.06. The molecule has 0 aliphatic heterocycles. The van der Waals surface area contributed by atoms with E-state index in [4.69, 9.17) is 0 Å². The van der Waals surface area contributed by atoms with Gasteiger partial charge in [0.2, 0.25) is 0 Å². The maximum Gasteiger partial charge on any atom is 0.0340 e. The highest BCUT2D eigenvalue weighted by atomic mass is 14.7. The molecule has 0 aromatic heterocycles. The van der Waals surface area contributed by atoms with Crippen molar-refractivity contribution in [2.24, 2.45) is 4.99 Å².